The minimum atomic E-state index is -3.93. The van der Waals surface area contributed by atoms with Gasteiger partial charge in [0.1, 0.15) is 29.3 Å². The maximum absolute atomic E-state index is 14.3. The van der Waals surface area contributed by atoms with E-state index in [-0.39, 0.29) is 43.7 Å². The number of nitrogens with zero attached hydrogens (tertiary/aromatic N) is 1. The SMILES string of the molecule is CCOC(=O)c1ccccc1NC(=O)O[C@@H]1C[C@H]2C(=O)N[C@]3(C(=O)NS(=O)(=O)C4CC4)C[C@H]3C=CCCCCC[C@H](NC(=O)OC(C)(C)C)C(=O)N2C1. The molecule has 53 heavy (non-hydrogen) atoms. The number of para-hydroxylation sites is 1. The average Bonchev–Trinajstić information content (AvgIpc) is 4.00. The lowest BCUT2D eigenvalue weighted by Crippen LogP contribution is -2.58. The number of benzene rings is 1. The number of anilines is 1. The van der Waals surface area contributed by atoms with Gasteiger partial charge >= 0.3 is 18.2 Å². The van der Waals surface area contributed by atoms with E-state index in [0.29, 0.717) is 32.1 Å². The third-order valence-corrected chi connectivity index (χ3v) is 11.3. The van der Waals surface area contributed by atoms with E-state index in [0.717, 1.165) is 6.42 Å². The Morgan fingerprint density at radius 2 is 1.75 bits per heavy atom. The number of sulfonamides is 1. The number of esters is 1. The van der Waals surface area contributed by atoms with Crippen LogP contribution in [0.25, 0.3) is 0 Å². The fraction of sp³-hybridized carbons (Fsp3) is 0.611. The molecule has 2 saturated carbocycles. The van der Waals surface area contributed by atoms with Crippen LogP contribution in [0.1, 0.15) is 95.8 Å². The maximum Gasteiger partial charge on any atom is 0.411 e. The van der Waals surface area contributed by atoms with E-state index in [4.69, 9.17) is 14.2 Å². The number of hydrogen-bond donors (Lipinski definition) is 4. The van der Waals surface area contributed by atoms with Crippen molar-refractivity contribution in [2.45, 2.75) is 120 Å². The van der Waals surface area contributed by atoms with Gasteiger partial charge in [-0.25, -0.2) is 22.8 Å². The summed E-state index contributed by atoms with van der Waals surface area (Å²) in [5.74, 6) is -3.37. The molecule has 16 nitrogen and oxygen atoms in total. The zero-order valence-corrected chi connectivity index (χ0v) is 31.3. The number of ether oxygens (including phenoxy) is 3. The lowest BCUT2D eigenvalue weighted by Gasteiger charge is -2.30. The molecule has 1 aromatic rings. The van der Waals surface area contributed by atoms with Crippen LogP contribution in [-0.2, 0) is 38.6 Å². The molecule has 1 aromatic carbocycles. The minimum absolute atomic E-state index is 0.0938. The molecule has 0 bridgehead atoms. The smallest absolute Gasteiger partial charge is 0.411 e. The van der Waals surface area contributed by atoms with Crippen LogP contribution < -0.4 is 20.7 Å². The van der Waals surface area contributed by atoms with Crippen LogP contribution in [0.2, 0.25) is 0 Å². The third-order valence-electron chi connectivity index (χ3n) is 9.47. The number of rotatable bonds is 8. The number of amides is 5. The number of nitrogens with one attached hydrogen (secondary N) is 4. The van der Waals surface area contributed by atoms with Crippen LogP contribution >= 0.6 is 0 Å². The first-order valence-corrected chi connectivity index (χ1v) is 19.7. The van der Waals surface area contributed by atoms with Gasteiger partial charge in [0.2, 0.25) is 21.8 Å². The van der Waals surface area contributed by atoms with Gasteiger partial charge in [0, 0.05) is 12.3 Å². The van der Waals surface area contributed by atoms with Gasteiger partial charge in [-0.2, -0.15) is 0 Å². The van der Waals surface area contributed by atoms with Crippen LogP contribution in [-0.4, -0.2) is 96.9 Å². The van der Waals surface area contributed by atoms with E-state index in [2.05, 4.69) is 20.7 Å². The highest BCUT2D eigenvalue weighted by molar-refractivity contribution is 7.91. The van der Waals surface area contributed by atoms with E-state index >= 15 is 0 Å². The number of alkyl carbamates (subject to hydrolysis) is 1. The number of allylic oxidation sites excluding steroid dienone is 1. The second-order valence-electron chi connectivity index (χ2n) is 14.9. The first-order chi connectivity index (χ1) is 25.0. The first kappa shape index (κ1) is 39.5. The normalized spacial score (nSPS) is 26.4. The zero-order valence-electron chi connectivity index (χ0n) is 30.5. The predicted molar refractivity (Wildman–Crippen MR) is 191 cm³/mol. The summed E-state index contributed by atoms with van der Waals surface area (Å²) >= 11 is 0. The van der Waals surface area contributed by atoms with Gasteiger partial charge in [-0.05, 0) is 78.4 Å². The van der Waals surface area contributed by atoms with Crippen molar-refractivity contribution in [1.29, 1.82) is 0 Å². The van der Waals surface area contributed by atoms with E-state index < -0.39 is 86.4 Å². The summed E-state index contributed by atoms with van der Waals surface area (Å²) in [6, 6.07) is 3.81. The van der Waals surface area contributed by atoms with Crippen LogP contribution in [0, 0.1) is 5.92 Å². The van der Waals surface area contributed by atoms with Crippen LogP contribution in [0.4, 0.5) is 15.3 Å². The summed E-state index contributed by atoms with van der Waals surface area (Å²) in [6.07, 6.45) is 4.63. The molecule has 17 heteroatoms. The minimum Gasteiger partial charge on any atom is -0.462 e. The summed E-state index contributed by atoms with van der Waals surface area (Å²) in [6.45, 7) is 6.58. The summed E-state index contributed by atoms with van der Waals surface area (Å²) < 4.78 is 43.8. The maximum atomic E-state index is 14.3. The largest absolute Gasteiger partial charge is 0.462 e. The molecule has 3 fully saturated rings. The Labute approximate surface area is 309 Å². The van der Waals surface area contributed by atoms with Gasteiger partial charge in [-0.3, -0.25) is 24.4 Å². The number of carbonyl (C=O) groups is 6. The molecule has 2 heterocycles. The van der Waals surface area contributed by atoms with E-state index in [9.17, 15) is 37.2 Å². The third kappa shape index (κ3) is 10.1. The molecule has 5 amide bonds. The highest BCUT2D eigenvalue weighted by Crippen LogP contribution is 2.46. The second kappa shape index (κ2) is 16.1. The molecule has 0 spiro atoms. The van der Waals surface area contributed by atoms with E-state index in [1.165, 1.54) is 17.0 Å². The summed E-state index contributed by atoms with van der Waals surface area (Å²) in [4.78, 5) is 81.8. The van der Waals surface area contributed by atoms with Crippen LogP contribution in [0.3, 0.4) is 0 Å². The predicted octanol–water partition coefficient (Wildman–Crippen LogP) is 3.28. The van der Waals surface area contributed by atoms with Gasteiger partial charge in [0.05, 0.1) is 29.7 Å². The molecular formula is C36H49N5O11S. The molecule has 0 unspecified atom stereocenters. The lowest BCUT2D eigenvalue weighted by molar-refractivity contribution is -0.141. The number of hydrogen-bond acceptors (Lipinski definition) is 11. The standard InChI is InChI=1S/C36H49N5O11S/c1-5-50-31(44)25-14-11-12-15-26(25)37-33(46)51-23-19-28-29(42)39-36(32(45)40-53(48,49)24-17-18-24)20-22(36)13-9-7-6-8-10-16-27(30(43)41(28)21-23)38-34(47)52-35(2,3)4/h9,11-15,22-24,27-28H,5-8,10,16-21H2,1-4H3,(H,37,46)(H,38,47)(H,39,42)(H,40,45)/t22-,23-,27+,28+,36-/m1/s1. The Bertz CT molecular complexity index is 1740. The van der Waals surface area contributed by atoms with E-state index in [1.807, 2.05) is 6.08 Å². The molecule has 1 saturated heterocycles. The first-order valence-electron chi connectivity index (χ1n) is 18.1. The van der Waals surface area contributed by atoms with Crippen molar-refractivity contribution < 1.29 is 51.4 Å². The molecule has 2 aliphatic heterocycles. The molecule has 0 radical (unpaired) electrons. The molecule has 5 rings (SSSR count). The van der Waals surface area contributed by atoms with Crippen molar-refractivity contribution in [1.82, 2.24) is 20.3 Å². The Kier molecular flexibility index (Phi) is 12.0. The molecule has 290 valence electrons. The topological polar surface area (TPSA) is 216 Å². The van der Waals surface area contributed by atoms with Gasteiger partial charge < -0.3 is 29.7 Å². The molecule has 4 aliphatic rings. The average molecular weight is 760 g/mol. The highest BCUT2D eigenvalue weighted by Gasteiger charge is 2.62. The fourth-order valence-corrected chi connectivity index (χ4v) is 7.93. The molecule has 4 N–H and O–H groups in total. The molecule has 2 aliphatic carbocycles. The van der Waals surface area contributed by atoms with Crippen molar-refractivity contribution >= 4 is 51.6 Å². The molecule has 0 aromatic heterocycles. The van der Waals surface area contributed by atoms with Crippen molar-refractivity contribution in [3.63, 3.8) is 0 Å². The summed E-state index contributed by atoms with van der Waals surface area (Å²) in [5.41, 5.74) is -2.21. The zero-order chi connectivity index (χ0) is 38.6. The number of carbonyl (C=O) groups excluding carboxylic acids is 6. The van der Waals surface area contributed by atoms with Crippen molar-refractivity contribution in [2.75, 3.05) is 18.5 Å². The Morgan fingerprint density at radius 1 is 1.02 bits per heavy atom. The van der Waals surface area contributed by atoms with Crippen molar-refractivity contribution in [3.8, 4) is 0 Å². The van der Waals surface area contributed by atoms with Gasteiger partial charge in [-0.15, -0.1) is 0 Å². The van der Waals surface area contributed by atoms with Gasteiger partial charge in [0.15, 0.2) is 0 Å². The summed E-state index contributed by atoms with van der Waals surface area (Å²) in [7, 11) is -3.93. The van der Waals surface area contributed by atoms with Crippen molar-refractivity contribution in [3.05, 3.63) is 42.0 Å². The monoisotopic (exact) mass is 759 g/mol. The number of fused-ring (bicyclic) bond motifs is 2. The summed E-state index contributed by atoms with van der Waals surface area (Å²) in [5, 5.41) is 7.28. The van der Waals surface area contributed by atoms with Crippen LogP contribution in [0.15, 0.2) is 36.4 Å². The van der Waals surface area contributed by atoms with Crippen molar-refractivity contribution in [2.24, 2.45) is 5.92 Å². The second-order valence-corrected chi connectivity index (χ2v) is 16.8. The van der Waals surface area contributed by atoms with Gasteiger partial charge in [0.25, 0.3) is 5.91 Å². The molecule has 5 atom stereocenters. The Balaban J connectivity index is 1.41. The Hall–Kier alpha value is -4.67. The fourth-order valence-electron chi connectivity index (χ4n) is 6.57. The van der Waals surface area contributed by atoms with E-state index in [1.54, 1.807) is 45.9 Å². The lowest BCUT2D eigenvalue weighted by atomic mass is 10.0. The quantitative estimate of drug-likeness (QED) is 0.171. The highest BCUT2D eigenvalue weighted by atomic mass is 32.2. The Morgan fingerprint density at radius 3 is 2.45 bits per heavy atom. The molecular weight excluding hydrogens is 710 g/mol. The van der Waals surface area contributed by atoms with Crippen LogP contribution in [0.5, 0.6) is 0 Å². The van der Waals surface area contributed by atoms with Gasteiger partial charge in [-0.1, -0.05) is 37.1 Å².